The smallest absolute Gasteiger partial charge is 0.236 e. The van der Waals surface area contributed by atoms with Crippen LogP contribution in [0.2, 0.25) is 5.02 Å². The van der Waals surface area contributed by atoms with Gasteiger partial charge in [-0.3, -0.25) is 4.79 Å². The molecule has 2 saturated heterocycles. The van der Waals surface area contributed by atoms with Crippen LogP contribution in [0.15, 0.2) is 18.2 Å². The van der Waals surface area contributed by atoms with Gasteiger partial charge in [0.1, 0.15) is 0 Å². The number of benzene rings is 1. The number of likely N-dealkylation sites (N-methyl/N-ethyl adjacent to an activating group) is 1. The van der Waals surface area contributed by atoms with Gasteiger partial charge in [-0.25, -0.2) is 0 Å². The maximum Gasteiger partial charge on any atom is 0.236 e. The van der Waals surface area contributed by atoms with Gasteiger partial charge in [0, 0.05) is 18.1 Å². The summed E-state index contributed by atoms with van der Waals surface area (Å²) >= 11 is 6.29. The molecule has 0 radical (unpaired) electrons. The van der Waals surface area contributed by atoms with E-state index in [1.165, 1.54) is 50.0 Å². The summed E-state index contributed by atoms with van der Waals surface area (Å²) in [6.07, 6.45) is 7.12. The molecule has 0 bridgehead atoms. The molecule has 1 aromatic carbocycles. The van der Waals surface area contributed by atoms with Gasteiger partial charge >= 0.3 is 0 Å². The number of carbonyl (C=O) groups excluding carboxylic acids is 1. The van der Waals surface area contributed by atoms with E-state index in [1.807, 2.05) is 18.0 Å². The number of aryl methyl sites for hydroxylation is 1. The third kappa shape index (κ3) is 5.21. The molecule has 0 aliphatic carbocycles. The lowest BCUT2D eigenvalue weighted by molar-refractivity contribution is -0.131. The normalized spacial score (nSPS) is 19.2. The summed E-state index contributed by atoms with van der Waals surface area (Å²) in [5.74, 6) is 0.764. The molecule has 1 N–H and O–H groups in total. The Kier molecular flexibility index (Phi) is 7.35. The second-order valence-corrected chi connectivity index (χ2v) is 8.12. The molecule has 3 rings (SSSR count). The fraction of sp³-hybridized carbons (Fsp3) is 0.667. The largest absolute Gasteiger partial charge is 0.342 e. The molecule has 144 valence electrons. The maximum atomic E-state index is 12.1. The number of amides is 1. The van der Waals surface area contributed by atoms with Crippen LogP contribution in [0.3, 0.4) is 0 Å². The zero-order chi connectivity index (χ0) is 18.4. The highest BCUT2D eigenvalue weighted by molar-refractivity contribution is 6.30. The molecule has 4 nitrogen and oxygen atoms in total. The highest BCUT2D eigenvalue weighted by atomic mass is 35.5. The summed E-state index contributed by atoms with van der Waals surface area (Å²) in [4.78, 5) is 16.6. The van der Waals surface area contributed by atoms with E-state index in [9.17, 15) is 4.79 Å². The number of nitrogens with one attached hydrogen (secondary N) is 1. The van der Waals surface area contributed by atoms with Gasteiger partial charge in [0.25, 0.3) is 0 Å². The van der Waals surface area contributed by atoms with E-state index in [4.69, 9.17) is 11.6 Å². The quantitative estimate of drug-likeness (QED) is 0.791. The van der Waals surface area contributed by atoms with Crippen LogP contribution in [-0.2, 0) is 11.2 Å². The summed E-state index contributed by atoms with van der Waals surface area (Å²) in [5.41, 5.74) is 2.87. The van der Waals surface area contributed by atoms with Gasteiger partial charge in [0.05, 0.1) is 6.54 Å². The van der Waals surface area contributed by atoms with Gasteiger partial charge in [0.2, 0.25) is 5.91 Å². The number of halogens is 1. The van der Waals surface area contributed by atoms with Crippen LogP contribution in [0.1, 0.15) is 49.1 Å². The SMILES string of the molecule is CNCC(=O)N1CCC(c2ccc(Cl)cc2CCCN2CCCC2)CC1. The molecular weight excluding hydrogens is 346 g/mol. The Morgan fingerprint density at radius 2 is 1.92 bits per heavy atom. The number of nitrogens with zero attached hydrogens (tertiary/aromatic N) is 2. The molecule has 2 aliphatic heterocycles. The predicted molar refractivity (Wildman–Crippen MR) is 108 cm³/mol. The Morgan fingerprint density at radius 1 is 1.19 bits per heavy atom. The van der Waals surface area contributed by atoms with Crippen molar-refractivity contribution in [3.8, 4) is 0 Å². The third-order valence-electron chi connectivity index (χ3n) is 5.84. The van der Waals surface area contributed by atoms with Crippen LogP contribution in [0, 0.1) is 0 Å². The minimum absolute atomic E-state index is 0.216. The number of likely N-dealkylation sites (tertiary alicyclic amines) is 2. The van der Waals surface area contributed by atoms with Crippen molar-refractivity contribution in [1.82, 2.24) is 15.1 Å². The number of hydrogen-bond acceptors (Lipinski definition) is 3. The molecule has 26 heavy (non-hydrogen) atoms. The Bertz CT molecular complexity index is 593. The van der Waals surface area contributed by atoms with E-state index in [2.05, 4.69) is 22.3 Å². The molecule has 5 heteroatoms. The first-order valence-corrected chi connectivity index (χ1v) is 10.5. The van der Waals surface area contributed by atoms with Gasteiger partial charge in [-0.1, -0.05) is 17.7 Å². The lowest BCUT2D eigenvalue weighted by Gasteiger charge is -2.33. The van der Waals surface area contributed by atoms with Crippen molar-refractivity contribution in [2.24, 2.45) is 0 Å². The number of hydrogen-bond donors (Lipinski definition) is 1. The fourth-order valence-electron chi connectivity index (χ4n) is 4.39. The lowest BCUT2D eigenvalue weighted by Crippen LogP contribution is -2.42. The lowest BCUT2D eigenvalue weighted by atomic mass is 9.85. The van der Waals surface area contributed by atoms with Gasteiger partial charge in [-0.2, -0.15) is 0 Å². The van der Waals surface area contributed by atoms with Crippen LogP contribution >= 0.6 is 11.6 Å². The molecule has 0 saturated carbocycles. The molecule has 2 fully saturated rings. The molecule has 0 aromatic heterocycles. The summed E-state index contributed by atoms with van der Waals surface area (Å²) in [6.45, 7) is 5.89. The van der Waals surface area contributed by atoms with E-state index < -0.39 is 0 Å². The van der Waals surface area contributed by atoms with Crippen LogP contribution in [-0.4, -0.2) is 62.0 Å². The van der Waals surface area contributed by atoms with E-state index in [0.29, 0.717) is 12.5 Å². The van der Waals surface area contributed by atoms with E-state index in [-0.39, 0.29) is 5.91 Å². The number of rotatable bonds is 7. The minimum atomic E-state index is 0.216. The van der Waals surface area contributed by atoms with E-state index in [0.717, 1.165) is 37.4 Å². The van der Waals surface area contributed by atoms with Crippen LogP contribution < -0.4 is 5.32 Å². The van der Waals surface area contributed by atoms with Crippen LogP contribution in [0.25, 0.3) is 0 Å². The van der Waals surface area contributed by atoms with Crippen LogP contribution in [0.5, 0.6) is 0 Å². The molecule has 2 aliphatic rings. The summed E-state index contributed by atoms with van der Waals surface area (Å²) < 4.78 is 0. The average Bonchev–Trinajstić information content (AvgIpc) is 3.16. The zero-order valence-electron chi connectivity index (χ0n) is 16.0. The Morgan fingerprint density at radius 3 is 2.62 bits per heavy atom. The highest BCUT2D eigenvalue weighted by Crippen LogP contribution is 2.32. The highest BCUT2D eigenvalue weighted by Gasteiger charge is 2.25. The average molecular weight is 378 g/mol. The van der Waals surface area contributed by atoms with Gasteiger partial charge < -0.3 is 15.1 Å². The zero-order valence-corrected chi connectivity index (χ0v) is 16.7. The summed E-state index contributed by atoms with van der Waals surface area (Å²) in [6, 6.07) is 6.42. The van der Waals surface area contributed by atoms with Crippen LogP contribution in [0.4, 0.5) is 0 Å². The van der Waals surface area contributed by atoms with Crippen molar-refractivity contribution in [2.45, 2.75) is 44.4 Å². The predicted octanol–water partition coefficient (Wildman–Crippen LogP) is 3.29. The van der Waals surface area contributed by atoms with Crippen molar-refractivity contribution in [3.63, 3.8) is 0 Å². The standard InChI is InChI=1S/C21H32ClN3O/c1-23-16-21(26)25-13-8-17(9-14-25)20-7-6-19(22)15-18(20)5-4-12-24-10-2-3-11-24/h6-7,15,17,23H,2-5,8-14,16H2,1H3. The second-order valence-electron chi connectivity index (χ2n) is 7.68. The first kappa shape index (κ1) is 19.7. The second kappa shape index (κ2) is 9.72. The maximum absolute atomic E-state index is 12.1. The molecule has 2 heterocycles. The van der Waals surface area contributed by atoms with Gasteiger partial charge in [-0.15, -0.1) is 0 Å². The Hall–Kier alpha value is -1.10. The first-order chi connectivity index (χ1) is 12.7. The molecule has 1 aromatic rings. The number of carbonyl (C=O) groups is 1. The van der Waals surface area contributed by atoms with Crippen molar-refractivity contribution < 1.29 is 4.79 Å². The van der Waals surface area contributed by atoms with Crippen molar-refractivity contribution in [3.05, 3.63) is 34.3 Å². The molecule has 0 unspecified atom stereocenters. The molecule has 1 amide bonds. The van der Waals surface area contributed by atoms with Crippen molar-refractivity contribution >= 4 is 17.5 Å². The molecule has 0 atom stereocenters. The topological polar surface area (TPSA) is 35.6 Å². The molecule has 0 spiro atoms. The Labute approximate surface area is 162 Å². The molecular formula is C21H32ClN3O. The fourth-order valence-corrected chi connectivity index (χ4v) is 4.59. The Balaban J connectivity index is 1.58. The third-order valence-corrected chi connectivity index (χ3v) is 6.07. The van der Waals surface area contributed by atoms with Gasteiger partial charge in [0.15, 0.2) is 0 Å². The minimum Gasteiger partial charge on any atom is -0.342 e. The van der Waals surface area contributed by atoms with E-state index in [1.54, 1.807) is 0 Å². The first-order valence-electron chi connectivity index (χ1n) is 10.1. The summed E-state index contributed by atoms with van der Waals surface area (Å²) in [7, 11) is 1.83. The van der Waals surface area contributed by atoms with Gasteiger partial charge in [-0.05, 0) is 94.4 Å². The number of piperidine rings is 1. The monoisotopic (exact) mass is 377 g/mol. The van der Waals surface area contributed by atoms with Crippen molar-refractivity contribution in [1.29, 1.82) is 0 Å². The van der Waals surface area contributed by atoms with Crippen molar-refractivity contribution in [2.75, 3.05) is 46.3 Å². The summed E-state index contributed by atoms with van der Waals surface area (Å²) in [5, 5.41) is 3.80. The van der Waals surface area contributed by atoms with E-state index >= 15 is 0 Å².